The van der Waals surface area contributed by atoms with Crippen LogP contribution < -0.4 is 0 Å². The Bertz CT molecular complexity index is 194. The zero-order valence-corrected chi connectivity index (χ0v) is 7.52. The van der Waals surface area contributed by atoms with E-state index in [1.165, 1.54) is 11.1 Å². The molecule has 1 aromatic rings. The zero-order valence-electron chi connectivity index (χ0n) is 6.52. The number of hydrogen-bond acceptors (Lipinski definition) is 0. The first-order valence-corrected chi connectivity index (χ1v) is 3.38. The molecule has 1 aromatic carbocycles. The molecule has 0 unspecified atom stereocenters. The summed E-state index contributed by atoms with van der Waals surface area (Å²) in [5.41, 5.74) is 2.78. The van der Waals surface area contributed by atoms with Crippen LogP contribution in [0.3, 0.4) is 0 Å². The van der Waals surface area contributed by atoms with E-state index in [0.717, 1.165) is 6.42 Å². The van der Waals surface area contributed by atoms with Crippen LogP contribution in [0, 0.1) is 6.92 Å². The molecule has 0 radical (unpaired) electrons. The fourth-order valence-electron chi connectivity index (χ4n) is 0.932. The molecule has 0 nitrogen and oxygen atoms in total. The van der Waals surface area contributed by atoms with Crippen LogP contribution in [-0.4, -0.2) is 0 Å². The second-order valence-electron chi connectivity index (χ2n) is 2.34. The van der Waals surface area contributed by atoms with Crippen molar-refractivity contribution in [3.05, 3.63) is 35.4 Å². The molecule has 56 valence electrons. The lowest BCUT2D eigenvalue weighted by molar-refractivity contribution is 1.13. The van der Waals surface area contributed by atoms with Gasteiger partial charge in [-0.1, -0.05) is 36.8 Å². The van der Waals surface area contributed by atoms with Crippen LogP contribution in [0.5, 0.6) is 0 Å². The number of hydrogen-bond donors (Lipinski definition) is 0. The Balaban J connectivity index is 0.000000810. The Hall–Kier alpha value is -0.430. The second-order valence-corrected chi connectivity index (χ2v) is 2.34. The molecular formula is C9H14S. The standard InChI is InChI=1S/C9H12.H2S/c1-3-9-6-4-5-8(2)7-9;/h4-7H,3H2,1-2H3;1H2. The van der Waals surface area contributed by atoms with Crippen molar-refractivity contribution in [2.24, 2.45) is 0 Å². The summed E-state index contributed by atoms with van der Waals surface area (Å²) in [6.07, 6.45) is 1.14. The van der Waals surface area contributed by atoms with Gasteiger partial charge in [0.1, 0.15) is 0 Å². The summed E-state index contributed by atoms with van der Waals surface area (Å²) in [5.74, 6) is 0. The summed E-state index contributed by atoms with van der Waals surface area (Å²) in [6, 6.07) is 8.61. The molecule has 0 aliphatic heterocycles. The van der Waals surface area contributed by atoms with E-state index in [1.54, 1.807) is 0 Å². The van der Waals surface area contributed by atoms with Crippen LogP contribution in [0.25, 0.3) is 0 Å². The molecule has 0 heterocycles. The van der Waals surface area contributed by atoms with Gasteiger partial charge in [0.05, 0.1) is 0 Å². The predicted molar refractivity (Wildman–Crippen MR) is 50.9 cm³/mol. The van der Waals surface area contributed by atoms with Crippen LogP contribution in [0.4, 0.5) is 0 Å². The van der Waals surface area contributed by atoms with Crippen molar-refractivity contribution >= 4 is 13.5 Å². The molecule has 0 bridgehead atoms. The highest BCUT2D eigenvalue weighted by molar-refractivity contribution is 7.59. The summed E-state index contributed by atoms with van der Waals surface area (Å²) in [6.45, 7) is 4.30. The molecule has 0 spiro atoms. The topological polar surface area (TPSA) is 0 Å². The number of aryl methyl sites for hydroxylation is 2. The highest BCUT2D eigenvalue weighted by Crippen LogP contribution is 2.03. The van der Waals surface area contributed by atoms with Gasteiger partial charge in [-0.3, -0.25) is 0 Å². The van der Waals surface area contributed by atoms with Gasteiger partial charge < -0.3 is 0 Å². The molecule has 0 saturated carbocycles. The molecular weight excluding hydrogens is 140 g/mol. The van der Waals surface area contributed by atoms with E-state index < -0.39 is 0 Å². The first-order valence-electron chi connectivity index (χ1n) is 3.38. The number of rotatable bonds is 1. The van der Waals surface area contributed by atoms with E-state index in [-0.39, 0.29) is 13.5 Å². The smallest absolute Gasteiger partial charge is 0.0307 e. The summed E-state index contributed by atoms with van der Waals surface area (Å²) in [7, 11) is 0. The van der Waals surface area contributed by atoms with Crippen molar-refractivity contribution in [3.8, 4) is 0 Å². The normalized spacial score (nSPS) is 8.60. The van der Waals surface area contributed by atoms with E-state index in [2.05, 4.69) is 38.1 Å². The lowest BCUT2D eigenvalue weighted by atomic mass is 10.1. The van der Waals surface area contributed by atoms with Crippen LogP contribution >= 0.6 is 13.5 Å². The average Bonchev–Trinajstić information content (AvgIpc) is 1.88. The Kier molecular flexibility index (Phi) is 4.21. The molecule has 0 N–H and O–H groups in total. The van der Waals surface area contributed by atoms with E-state index in [9.17, 15) is 0 Å². The second kappa shape index (κ2) is 4.40. The summed E-state index contributed by atoms with van der Waals surface area (Å²) < 4.78 is 0. The fraction of sp³-hybridized carbons (Fsp3) is 0.333. The highest BCUT2D eigenvalue weighted by atomic mass is 32.1. The largest absolute Gasteiger partial charge is 0.197 e. The fourth-order valence-corrected chi connectivity index (χ4v) is 0.932. The molecule has 1 heteroatoms. The molecule has 0 amide bonds. The van der Waals surface area contributed by atoms with Crippen molar-refractivity contribution in [1.82, 2.24) is 0 Å². The van der Waals surface area contributed by atoms with Crippen LogP contribution in [0.2, 0.25) is 0 Å². The quantitative estimate of drug-likeness (QED) is 0.583. The van der Waals surface area contributed by atoms with Crippen molar-refractivity contribution in [2.75, 3.05) is 0 Å². The van der Waals surface area contributed by atoms with Gasteiger partial charge in [0.2, 0.25) is 0 Å². The van der Waals surface area contributed by atoms with E-state index in [4.69, 9.17) is 0 Å². The van der Waals surface area contributed by atoms with Gasteiger partial charge >= 0.3 is 0 Å². The molecule has 0 aliphatic rings. The van der Waals surface area contributed by atoms with E-state index in [0.29, 0.717) is 0 Å². The van der Waals surface area contributed by atoms with Gasteiger partial charge in [0.25, 0.3) is 0 Å². The minimum Gasteiger partial charge on any atom is -0.197 e. The van der Waals surface area contributed by atoms with Crippen LogP contribution in [-0.2, 0) is 6.42 Å². The lowest BCUT2D eigenvalue weighted by Gasteiger charge is -1.95. The van der Waals surface area contributed by atoms with Gasteiger partial charge in [-0.05, 0) is 18.9 Å². The maximum Gasteiger partial charge on any atom is -0.0307 e. The Morgan fingerprint density at radius 3 is 2.40 bits per heavy atom. The number of benzene rings is 1. The summed E-state index contributed by atoms with van der Waals surface area (Å²) >= 11 is 0. The minimum absolute atomic E-state index is 0. The van der Waals surface area contributed by atoms with Crippen LogP contribution in [0.15, 0.2) is 24.3 Å². The molecule has 10 heavy (non-hydrogen) atoms. The average molecular weight is 154 g/mol. The van der Waals surface area contributed by atoms with Gasteiger partial charge in [-0.25, -0.2) is 0 Å². The van der Waals surface area contributed by atoms with E-state index >= 15 is 0 Å². The Morgan fingerprint density at radius 1 is 1.30 bits per heavy atom. The predicted octanol–water partition coefficient (Wildman–Crippen LogP) is 2.67. The SMILES string of the molecule is CCc1cccc(C)c1.S. The molecule has 0 atom stereocenters. The van der Waals surface area contributed by atoms with Gasteiger partial charge in [-0.2, -0.15) is 13.5 Å². The molecule has 0 aliphatic carbocycles. The third-order valence-corrected chi connectivity index (χ3v) is 1.49. The molecule has 1 rings (SSSR count). The Morgan fingerprint density at radius 2 is 2.00 bits per heavy atom. The third kappa shape index (κ3) is 2.44. The maximum absolute atomic E-state index is 2.22. The lowest BCUT2D eigenvalue weighted by Crippen LogP contribution is -1.78. The van der Waals surface area contributed by atoms with Gasteiger partial charge in [0, 0.05) is 0 Å². The minimum atomic E-state index is 0. The maximum atomic E-state index is 2.22. The monoisotopic (exact) mass is 154 g/mol. The molecule has 0 fully saturated rings. The summed E-state index contributed by atoms with van der Waals surface area (Å²) in [4.78, 5) is 0. The van der Waals surface area contributed by atoms with Crippen molar-refractivity contribution in [3.63, 3.8) is 0 Å². The molecule has 0 aromatic heterocycles. The van der Waals surface area contributed by atoms with E-state index in [1.807, 2.05) is 0 Å². The first kappa shape index (κ1) is 9.57. The van der Waals surface area contributed by atoms with Gasteiger partial charge in [-0.15, -0.1) is 0 Å². The van der Waals surface area contributed by atoms with Gasteiger partial charge in [0.15, 0.2) is 0 Å². The molecule has 0 saturated heterocycles. The van der Waals surface area contributed by atoms with Crippen molar-refractivity contribution in [1.29, 1.82) is 0 Å². The zero-order chi connectivity index (χ0) is 6.69. The Labute approximate surface area is 69.7 Å². The first-order chi connectivity index (χ1) is 4.33. The van der Waals surface area contributed by atoms with Crippen molar-refractivity contribution < 1.29 is 0 Å². The summed E-state index contributed by atoms with van der Waals surface area (Å²) in [5, 5.41) is 0. The van der Waals surface area contributed by atoms with Crippen molar-refractivity contribution in [2.45, 2.75) is 20.3 Å². The third-order valence-electron chi connectivity index (χ3n) is 1.49. The van der Waals surface area contributed by atoms with Crippen LogP contribution in [0.1, 0.15) is 18.1 Å². The highest BCUT2D eigenvalue weighted by Gasteiger charge is 1.85.